The van der Waals surface area contributed by atoms with Crippen LogP contribution in [0.15, 0.2) is 18.2 Å². The van der Waals surface area contributed by atoms with Crippen molar-refractivity contribution in [3.8, 4) is 5.75 Å². The average molecular weight is 298 g/mol. The van der Waals surface area contributed by atoms with Crippen molar-refractivity contribution in [2.75, 3.05) is 0 Å². The van der Waals surface area contributed by atoms with Gasteiger partial charge in [0.15, 0.2) is 0 Å². The molecule has 22 heavy (non-hydrogen) atoms. The van der Waals surface area contributed by atoms with Gasteiger partial charge in [-0.25, -0.2) is 0 Å². The van der Waals surface area contributed by atoms with E-state index < -0.39 is 0 Å². The largest absolute Gasteiger partial charge is 0.508 e. The van der Waals surface area contributed by atoms with Gasteiger partial charge in [0, 0.05) is 11.8 Å². The molecule has 0 aliphatic heterocycles. The van der Waals surface area contributed by atoms with Gasteiger partial charge >= 0.3 is 0 Å². The van der Waals surface area contributed by atoms with Crippen LogP contribution in [0.25, 0.3) is 0 Å². The van der Waals surface area contributed by atoms with E-state index in [9.17, 15) is 9.90 Å². The van der Waals surface area contributed by atoms with Gasteiger partial charge in [0.05, 0.1) is 0 Å². The summed E-state index contributed by atoms with van der Waals surface area (Å²) < 4.78 is 0. The molecule has 2 saturated carbocycles. The number of ketones is 1. The highest BCUT2D eigenvalue weighted by atomic mass is 16.3. The lowest BCUT2D eigenvalue weighted by atomic mass is 9.53. The molecule has 0 heterocycles. The number of benzene rings is 1. The molecule has 3 aliphatic rings. The van der Waals surface area contributed by atoms with Gasteiger partial charge in [-0.3, -0.25) is 4.79 Å². The molecule has 1 N–H and O–H groups in total. The molecular weight excluding hydrogens is 272 g/mol. The second-order valence-corrected chi connectivity index (χ2v) is 7.92. The number of carbonyl (C=O) groups excluding carboxylic acids is 1. The van der Waals surface area contributed by atoms with Crippen molar-refractivity contribution in [3.05, 3.63) is 29.3 Å². The minimum Gasteiger partial charge on any atom is -0.508 e. The Labute approximate surface area is 132 Å². The highest BCUT2D eigenvalue weighted by Gasteiger charge is 2.51. The summed E-state index contributed by atoms with van der Waals surface area (Å²) in [6, 6.07) is 5.94. The lowest BCUT2D eigenvalue weighted by molar-refractivity contribution is -0.135. The molecule has 2 nitrogen and oxygen atoms in total. The Morgan fingerprint density at radius 1 is 1.14 bits per heavy atom. The van der Waals surface area contributed by atoms with Crippen LogP contribution in [0.1, 0.15) is 68.9 Å². The van der Waals surface area contributed by atoms with Crippen LogP contribution in [0.2, 0.25) is 0 Å². The lowest BCUT2D eigenvalue weighted by Crippen LogP contribution is -2.46. The van der Waals surface area contributed by atoms with E-state index in [1.165, 1.54) is 30.4 Å². The zero-order valence-electron chi connectivity index (χ0n) is 13.5. The Hall–Kier alpha value is -1.31. The standard InChI is InChI=1S/C20H26O2/c1-20-11-10-16-15-9-7-14(21)12-13(15)6-8-17(16)18(20)4-2-3-5-19(20)22/h7,9,12,16-18,21H,2-6,8,10-11H2,1H3/t16?,17?,18?,20-/m0/s1. The van der Waals surface area contributed by atoms with Gasteiger partial charge in [-0.15, -0.1) is 0 Å². The molecule has 0 spiro atoms. The van der Waals surface area contributed by atoms with Crippen molar-refractivity contribution in [3.63, 3.8) is 0 Å². The Morgan fingerprint density at radius 2 is 2.00 bits per heavy atom. The fourth-order valence-electron chi connectivity index (χ4n) is 5.70. The maximum absolute atomic E-state index is 12.7. The van der Waals surface area contributed by atoms with Gasteiger partial charge in [0.2, 0.25) is 0 Å². The monoisotopic (exact) mass is 298 g/mol. The molecular formula is C20H26O2. The molecule has 0 bridgehead atoms. The van der Waals surface area contributed by atoms with Gasteiger partial charge < -0.3 is 5.11 Å². The fraction of sp³-hybridized carbons (Fsp3) is 0.650. The zero-order chi connectivity index (χ0) is 15.3. The molecule has 4 atom stereocenters. The number of Topliss-reactive ketones (excluding diaryl/α,β-unsaturated/α-hetero) is 1. The topological polar surface area (TPSA) is 37.3 Å². The van der Waals surface area contributed by atoms with E-state index in [4.69, 9.17) is 0 Å². The van der Waals surface area contributed by atoms with E-state index in [1.807, 2.05) is 12.1 Å². The van der Waals surface area contributed by atoms with Crippen molar-refractivity contribution < 1.29 is 9.90 Å². The Bertz CT molecular complexity index is 606. The van der Waals surface area contributed by atoms with Crippen molar-refractivity contribution >= 4 is 5.78 Å². The summed E-state index contributed by atoms with van der Waals surface area (Å²) in [5.41, 5.74) is 2.73. The van der Waals surface area contributed by atoms with Crippen molar-refractivity contribution in [1.29, 1.82) is 0 Å². The molecule has 4 rings (SSSR count). The first-order chi connectivity index (χ1) is 10.6. The second-order valence-electron chi connectivity index (χ2n) is 7.92. The number of aryl methyl sites for hydroxylation is 1. The predicted molar refractivity (Wildman–Crippen MR) is 87.0 cm³/mol. The van der Waals surface area contributed by atoms with Gasteiger partial charge in [0.1, 0.15) is 11.5 Å². The third-order valence-electron chi connectivity index (χ3n) is 6.91. The first-order valence-electron chi connectivity index (χ1n) is 8.95. The SMILES string of the molecule is C[C@]12CCC3c4ccc(O)cc4CCC3C1CCCCC2=O. The molecule has 0 radical (unpaired) electrons. The predicted octanol–water partition coefficient (Wildman–Crippen LogP) is 4.60. The van der Waals surface area contributed by atoms with Crippen LogP contribution in [0.5, 0.6) is 5.75 Å². The first-order valence-corrected chi connectivity index (χ1v) is 8.95. The minimum absolute atomic E-state index is 0.0634. The molecule has 3 aliphatic carbocycles. The number of rotatable bonds is 0. The summed E-state index contributed by atoms with van der Waals surface area (Å²) >= 11 is 0. The smallest absolute Gasteiger partial charge is 0.139 e. The molecule has 2 heteroatoms. The second kappa shape index (κ2) is 5.11. The van der Waals surface area contributed by atoms with Gasteiger partial charge in [-0.2, -0.15) is 0 Å². The van der Waals surface area contributed by atoms with Crippen molar-refractivity contribution in [2.45, 2.75) is 64.2 Å². The zero-order valence-corrected chi connectivity index (χ0v) is 13.5. The minimum atomic E-state index is -0.0634. The van der Waals surface area contributed by atoms with Crippen molar-refractivity contribution in [1.82, 2.24) is 0 Å². The van der Waals surface area contributed by atoms with Crippen LogP contribution in [-0.4, -0.2) is 10.9 Å². The highest BCUT2D eigenvalue weighted by molar-refractivity contribution is 5.85. The summed E-state index contributed by atoms with van der Waals surface area (Å²) in [4.78, 5) is 12.7. The third kappa shape index (κ3) is 2.03. The number of carbonyl (C=O) groups is 1. The Kier molecular flexibility index (Phi) is 3.32. The Balaban J connectivity index is 1.72. The summed E-state index contributed by atoms with van der Waals surface area (Å²) in [6.45, 7) is 2.26. The average Bonchev–Trinajstić information content (AvgIpc) is 2.66. The number of fused-ring (bicyclic) bond motifs is 5. The van der Waals surface area contributed by atoms with Crippen LogP contribution in [-0.2, 0) is 11.2 Å². The lowest BCUT2D eigenvalue weighted by Gasteiger charge is -2.50. The fourth-order valence-corrected chi connectivity index (χ4v) is 5.70. The number of aromatic hydroxyl groups is 1. The molecule has 0 amide bonds. The number of phenolic OH excluding ortho intramolecular Hbond substituents is 1. The molecule has 1 aromatic rings. The van der Waals surface area contributed by atoms with Crippen LogP contribution in [0.3, 0.4) is 0 Å². The first kappa shape index (κ1) is 14.3. The maximum atomic E-state index is 12.7. The van der Waals surface area contributed by atoms with E-state index in [0.717, 1.165) is 32.1 Å². The summed E-state index contributed by atoms with van der Waals surface area (Å²) in [5.74, 6) is 2.77. The summed E-state index contributed by atoms with van der Waals surface area (Å²) in [7, 11) is 0. The van der Waals surface area contributed by atoms with Crippen LogP contribution in [0, 0.1) is 17.3 Å². The van der Waals surface area contributed by atoms with E-state index in [1.54, 1.807) is 0 Å². The quantitative estimate of drug-likeness (QED) is 0.760. The molecule has 0 saturated heterocycles. The van der Waals surface area contributed by atoms with Gasteiger partial charge in [-0.05, 0) is 79.5 Å². The van der Waals surface area contributed by atoms with E-state index >= 15 is 0 Å². The highest BCUT2D eigenvalue weighted by Crippen LogP contribution is 2.57. The maximum Gasteiger partial charge on any atom is 0.139 e. The van der Waals surface area contributed by atoms with Gasteiger partial charge in [-0.1, -0.05) is 19.4 Å². The summed E-state index contributed by atoms with van der Waals surface area (Å²) in [6.07, 6.45) is 8.79. The van der Waals surface area contributed by atoms with E-state index in [0.29, 0.717) is 29.3 Å². The third-order valence-corrected chi connectivity index (χ3v) is 6.91. The molecule has 0 aromatic heterocycles. The summed E-state index contributed by atoms with van der Waals surface area (Å²) in [5, 5.41) is 9.74. The molecule has 2 fully saturated rings. The van der Waals surface area contributed by atoms with Crippen LogP contribution >= 0.6 is 0 Å². The van der Waals surface area contributed by atoms with Crippen molar-refractivity contribution in [2.24, 2.45) is 17.3 Å². The van der Waals surface area contributed by atoms with Gasteiger partial charge in [0.25, 0.3) is 0 Å². The molecule has 3 unspecified atom stereocenters. The molecule has 118 valence electrons. The molecule has 1 aromatic carbocycles. The van der Waals surface area contributed by atoms with Crippen LogP contribution < -0.4 is 0 Å². The number of hydrogen-bond donors (Lipinski definition) is 1. The normalized spacial score (nSPS) is 37.7. The number of hydrogen-bond acceptors (Lipinski definition) is 2. The van der Waals surface area contributed by atoms with E-state index in [-0.39, 0.29) is 5.41 Å². The van der Waals surface area contributed by atoms with Crippen LogP contribution in [0.4, 0.5) is 0 Å². The van der Waals surface area contributed by atoms with E-state index in [2.05, 4.69) is 13.0 Å². The number of phenols is 1. The Morgan fingerprint density at radius 3 is 2.86 bits per heavy atom.